The van der Waals surface area contributed by atoms with E-state index in [1.165, 1.54) is 17.7 Å². The summed E-state index contributed by atoms with van der Waals surface area (Å²) in [5.74, 6) is 0. The smallest absolute Gasteiger partial charge is 0.258 e. The van der Waals surface area contributed by atoms with Crippen molar-refractivity contribution in [2.75, 3.05) is 0 Å². The second-order valence-electron chi connectivity index (χ2n) is 5.86. The molecule has 3 aromatic rings. The molecule has 0 aliphatic heterocycles. The minimum atomic E-state index is -0.385. The number of hydrogen-bond donors (Lipinski definition) is 0. The molecular weight excluding hydrogens is 336 g/mol. The summed E-state index contributed by atoms with van der Waals surface area (Å²) in [5, 5.41) is 10.8. The van der Waals surface area contributed by atoms with Gasteiger partial charge in [0.2, 0.25) is 0 Å². The maximum Gasteiger partial charge on any atom is 0.269 e. The molecule has 5 heteroatoms. The molecule has 4 nitrogen and oxygen atoms in total. The maximum atomic E-state index is 10.8. The van der Waals surface area contributed by atoms with Crippen LogP contribution in [0.3, 0.4) is 0 Å². The van der Waals surface area contributed by atoms with Gasteiger partial charge in [0.25, 0.3) is 5.69 Å². The first kappa shape index (κ1) is 16.9. The summed E-state index contributed by atoms with van der Waals surface area (Å²) < 4.78 is 0. The van der Waals surface area contributed by atoms with Crippen molar-refractivity contribution in [3.8, 4) is 11.3 Å². The first-order valence-electron chi connectivity index (χ1n) is 7.66. The van der Waals surface area contributed by atoms with Crippen molar-refractivity contribution in [3.63, 3.8) is 0 Å². The van der Waals surface area contributed by atoms with Crippen molar-refractivity contribution in [1.29, 1.82) is 0 Å². The van der Waals surface area contributed by atoms with Crippen LogP contribution in [0.25, 0.3) is 22.9 Å². The van der Waals surface area contributed by atoms with E-state index in [1.54, 1.807) is 18.3 Å². The number of fused-ring (bicyclic) bond motifs is 3. The molecule has 25 heavy (non-hydrogen) atoms. The standard InChI is InChI=1S/C20H14N2O2.ClH/c1-13-4-9-17-18(11-13)19(16-3-2-10-21-20(16)17)12-14-5-7-15(8-6-14)22(23)24;/h2-12H,1H3;1H. The van der Waals surface area contributed by atoms with E-state index < -0.39 is 0 Å². The van der Waals surface area contributed by atoms with Gasteiger partial charge in [-0.3, -0.25) is 15.1 Å². The van der Waals surface area contributed by atoms with Gasteiger partial charge in [-0.1, -0.05) is 29.8 Å². The summed E-state index contributed by atoms with van der Waals surface area (Å²) in [6.45, 7) is 2.07. The van der Waals surface area contributed by atoms with Gasteiger partial charge < -0.3 is 0 Å². The van der Waals surface area contributed by atoms with Gasteiger partial charge >= 0.3 is 0 Å². The molecule has 0 amide bonds. The van der Waals surface area contributed by atoms with E-state index in [-0.39, 0.29) is 23.0 Å². The third-order valence-corrected chi connectivity index (χ3v) is 4.23. The molecular formula is C20H15ClN2O2. The molecule has 0 N–H and O–H groups in total. The molecule has 0 spiro atoms. The minimum Gasteiger partial charge on any atom is -0.258 e. The highest BCUT2D eigenvalue weighted by atomic mass is 35.5. The highest BCUT2D eigenvalue weighted by Gasteiger charge is 2.24. The van der Waals surface area contributed by atoms with Crippen LogP contribution in [0.1, 0.15) is 22.3 Å². The molecule has 1 heterocycles. The Morgan fingerprint density at radius 2 is 1.76 bits per heavy atom. The van der Waals surface area contributed by atoms with Crippen LogP contribution in [-0.4, -0.2) is 9.91 Å². The molecule has 0 fully saturated rings. The van der Waals surface area contributed by atoms with E-state index in [2.05, 4.69) is 42.2 Å². The Hall–Kier alpha value is -2.98. The molecule has 0 unspecified atom stereocenters. The van der Waals surface area contributed by atoms with Crippen LogP contribution in [-0.2, 0) is 0 Å². The number of halogens is 1. The molecule has 1 aliphatic rings. The SMILES string of the molecule is Cc1ccc2c(c1)C(=Cc1ccc([N+](=O)[O-])cc1)c1cccnc1-2.Cl. The lowest BCUT2D eigenvalue weighted by Gasteiger charge is -2.04. The van der Waals surface area contributed by atoms with E-state index in [0.717, 1.165) is 33.5 Å². The lowest BCUT2D eigenvalue weighted by atomic mass is 10.00. The highest BCUT2D eigenvalue weighted by molar-refractivity contribution is 6.05. The zero-order valence-electron chi connectivity index (χ0n) is 13.5. The monoisotopic (exact) mass is 350 g/mol. The van der Waals surface area contributed by atoms with Crippen LogP contribution in [0.4, 0.5) is 5.69 Å². The van der Waals surface area contributed by atoms with Gasteiger partial charge in [-0.05, 0) is 47.9 Å². The van der Waals surface area contributed by atoms with Gasteiger partial charge in [-0.15, -0.1) is 12.4 Å². The molecule has 0 saturated heterocycles. The third-order valence-electron chi connectivity index (χ3n) is 4.23. The van der Waals surface area contributed by atoms with E-state index in [9.17, 15) is 10.1 Å². The van der Waals surface area contributed by atoms with Crippen molar-refractivity contribution in [3.05, 3.63) is 93.2 Å². The summed E-state index contributed by atoms with van der Waals surface area (Å²) in [6, 6.07) is 17.0. The summed E-state index contributed by atoms with van der Waals surface area (Å²) in [5.41, 5.74) is 7.69. The number of nitro benzene ring substituents is 1. The predicted molar refractivity (Wildman–Crippen MR) is 102 cm³/mol. The lowest BCUT2D eigenvalue weighted by molar-refractivity contribution is -0.384. The van der Waals surface area contributed by atoms with Crippen LogP contribution < -0.4 is 0 Å². The van der Waals surface area contributed by atoms with E-state index >= 15 is 0 Å². The van der Waals surface area contributed by atoms with Crippen LogP contribution in [0, 0.1) is 17.0 Å². The molecule has 2 aromatic carbocycles. The Morgan fingerprint density at radius 1 is 1.00 bits per heavy atom. The Labute approximate surface area is 151 Å². The van der Waals surface area contributed by atoms with Crippen LogP contribution in [0.15, 0.2) is 60.8 Å². The number of non-ortho nitro benzene ring substituents is 1. The fraction of sp³-hybridized carbons (Fsp3) is 0.0500. The summed E-state index contributed by atoms with van der Waals surface area (Å²) in [4.78, 5) is 14.9. The Bertz CT molecular complexity index is 995. The van der Waals surface area contributed by atoms with Gasteiger partial charge in [-0.2, -0.15) is 0 Å². The quantitative estimate of drug-likeness (QED) is 0.364. The van der Waals surface area contributed by atoms with Gasteiger partial charge in [0.05, 0.1) is 10.6 Å². The minimum absolute atomic E-state index is 0. The van der Waals surface area contributed by atoms with Crippen molar-refractivity contribution < 1.29 is 4.92 Å². The van der Waals surface area contributed by atoms with Crippen LogP contribution >= 0.6 is 12.4 Å². The fourth-order valence-electron chi connectivity index (χ4n) is 3.08. The molecule has 0 saturated carbocycles. The normalized spacial score (nSPS) is 13.1. The van der Waals surface area contributed by atoms with E-state index in [1.807, 2.05) is 6.07 Å². The van der Waals surface area contributed by atoms with E-state index in [4.69, 9.17) is 0 Å². The average Bonchev–Trinajstić information content (AvgIpc) is 2.89. The van der Waals surface area contributed by atoms with Crippen molar-refractivity contribution in [2.24, 2.45) is 0 Å². The number of nitro groups is 1. The number of pyridine rings is 1. The topological polar surface area (TPSA) is 56.0 Å². The summed E-state index contributed by atoms with van der Waals surface area (Å²) >= 11 is 0. The average molecular weight is 351 g/mol. The van der Waals surface area contributed by atoms with Crippen molar-refractivity contribution in [2.45, 2.75) is 6.92 Å². The van der Waals surface area contributed by atoms with Crippen molar-refractivity contribution in [1.82, 2.24) is 4.98 Å². The number of nitrogens with zero attached hydrogens (tertiary/aromatic N) is 2. The number of hydrogen-bond acceptors (Lipinski definition) is 3. The number of aryl methyl sites for hydroxylation is 1. The molecule has 0 radical (unpaired) electrons. The number of aromatic nitrogens is 1. The summed E-state index contributed by atoms with van der Waals surface area (Å²) in [6.07, 6.45) is 3.87. The van der Waals surface area contributed by atoms with Crippen LogP contribution in [0.2, 0.25) is 0 Å². The van der Waals surface area contributed by atoms with Crippen molar-refractivity contribution >= 4 is 29.7 Å². The molecule has 4 rings (SSSR count). The summed E-state index contributed by atoms with van der Waals surface area (Å²) in [7, 11) is 0. The highest BCUT2D eigenvalue weighted by Crippen LogP contribution is 2.44. The molecule has 1 aliphatic carbocycles. The molecule has 0 bridgehead atoms. The second-order valence-corrected chi connectivity index (χ2v) is 5.86. The number of benzene rings is 2. The Balaban J connectivity index is 0.00000182. The molecule has 124 valence electrons. The predicted octanol–water partition coefficient (Wildman–Crippen LogP) is 5.29. The molecule has 1 aromatic heterocycles. The fourth-order valence-corrected chi connectivity index (χ4v) is 3.08. The second kappa shape index (κ2) is 6.49. The molecule has 0 atom stereocenters. The zero-order valence-corrected chi connectivity index (χ0v) is 14.3. The first-order valence-corrected chi connectivity index (χ1v) is 7.66. The first-order chi connectivity index (χ1) is 11.6. The zero-order chi connectivity index (χ0) is 16.7. The third kappa shape index (κ3) is 2.92. The lowest BCUT2D eigenvalue weighted by Crippen LogP contribution is -1.87. The van der Waals surface area contributed by atoms with E-state index in [0.29, 0.717) is 0 Å². The van der Waals surface area contributed by atoms with Crippen LogP contribution in [0.5, 0.6) is 0 Å². The largest absolute Gasteiger partial charge is 0.269 e. The van der Waals surface area contributed by atoms with Gasteiger partial charge in [0, 0.05) is 29.5 Å². The van der Waals surface area contributed by atoms with Gasteiger partial charge in [-0.25, -0.2) is 0 Å². The Morgan fingerprint density at radius 3 is 2.48 bits per heavy atom. The Kier molecular flexibility index (Phi) is 4.38. The van der Waals surface area contributed by atoms with Gasteiger partial charge in [0.15, 0.2) is 0 Å². The van der Waals surface area contributed by atoms with Gasteiger partial charge in [0.1, 0.15) is 0 Å². The number of rotatable bonds is 2. The maximum absolute atomic E-state index is 10.8.